The number of hydrogen-bond acceptors (Lipinski definition) is 5. The van der Waals surface area contributed by atoms with Gasteiger partial charge in [-0.2, -0.15) is 5.10 Å². The molecular weight excluding hydrogens is 365 g/mol. The molecule has 0 saturated carbocycles. The summed E-state index contributed by atoms with van der Waals surface area (Å²) in [7, 11) is -2.38. The second-order valence-corrected chi connectivity index (χ2v) is 6.89. The molecule has 7 nitrogen and oxygen atoms in total. The van der Waals surface area contributed by atoms with Crippen molar-refractivity contribution in [1.82, 2.24) is 19.5 Å². The SMILES string of the molecule is Cn1cnc(CNS(=O)(=O)c2cc(Br)cc(CN)c2F)n1. The number of aromatic nitrogens is 3. The van der Waals surface area contributed by atoms with Gasteiger partial charge in [-0.15, -0.1) is 0 Å². The fourth-order valence-electron chi connectivity index (χ4n) is 1.66. The summed E-state index contributed by atoms with van der Waals surface area (Å²) < 4.78 is 42.6. The van der Waals surface area contributed by atoms with Crippen LogP contribution in [0.3, 0.4) is 0 Å². The first-order chi connectivity index (χ1) is 9.83. The van der Waals surface area contributed by atoms with Gasteiger partial charge in [0.25, 0.3) is 0 Å². The Kier molecular flexibility index (Phi) is 4.71. The predicted molar refractivity (Wildman–Crippen MR) is 77.0 cm³/mol. The summed E-state index contributed by atoms with van der Waals surface area (Å²) in [4.78, 5) is 3.42. The number of nitrogens with one attached hydrogen (secondary N) is 1. The smallest absolute Gasteiger partial charge is 0.243 e. The Morgan fingerprint density at radius 1 is 1.48 bits per heavy atom. The van der Waals surface area contributed by atoms with Crippen LogP contribution in [0.25, 0.3) is 0 Å². The van der Waals surface area contributed by atoms with E-state index in [2.05, 4.69) is 30.7 Å². The number of rotatable bonds is 5. The second kappa shape index (κ2) is 6.18. The van der Waals surface area contributed by atoms with Gasteiger partial charge in [-0.1, -0.05) is 15.9 Å². The van der Waals surface area contributed by atoms with Crippen LogP contribution in [0.4, 0.5) is 4.39 Å². The van der Waals surface area contributed by atoms with Crippen molar-refractivity contribution in [2.75, 3.05) is 0 Å². The maximum Gasteiger partial charge on any atom is 0.243 e. The molecule has 2 rings (SSSR count). The average molecular weight is 378 g/mol. The molecule has 1 heterocycles. The third-order valence-electron chi connectivity index (χ3n) is 2.66. The normalized spacial score (nSPS) is 11.8. The summed E-state index contributed by atoms with van der Waals surface area (Å²) in [5.41, 5.74) is 5.51. The van der Waals surface area contributed by atoms with E-state index in [1.54, 1.807) is 7.05 Å². The number of benzene rings is 1. The van der Waals surface area contributed by atoms with Gasteiger partial charge < -0.3 is 5.73 Å². The Balaban J connectivity index is 2.29. The molecule has 10 heteroatoms. The summed E-state index contributed by atoms with van der Waals surface area (Å²) in [6.07, 6.45) is 1.44. The van der Waals surface area contributed by atoms with Gasteiger partial charge in [0.1, 0.15) is 17.0 Å². The molecule has 0 saturated heterocycles. The standard InChI is InChI=1S/C11H13BrFN5O2S/c1-18-6-15-10(17-18)5-16-21(19,20)9-3-8(12)2-7(4-14)11(9)13/h2-3,6,16H,4-5,14H2,1H3. The Morgan fingerprint density at radius 3 is 2.76 bits per heavy atom. The lowest BCUT2D eigenvalue weighted by Crippen LogP contribution is -2.25. The predicted octanol–water partition coefficient (Wildman–Crippen LogP) is 0.654. The number of nitrogens with zero attached hydrogens (tertiary/aromatic N) is 3. The van der Waals surface area contributed by atoms with Crippen LogP contribution in [0.2, 0.25) is 0 Å². The first kappa shape index (κ1) is 16.0. The van der Waals surface area contributed by atoms with Crippen molar-refractivity contribution in [2.24, 2.45) is 12.8 Å². The largest absolute Gasteiger partial charge is 0.326 e. The summed E-state index contributed by atoms with van der Waals surface area (Å²) in [5.74, 6) is -0.572. The van der Waals surface area contributed by atoms with Gasteiger partial charge in [-0.3, -0.25) is 4.68 Å². The van der Waals surface area contributed by atoms with E-state index in [0.717, 1.165) is 0 Å². The highest BCUT2D eigenvalue weighted by molar-refractivity contribution is 9.10. The quantitative estimate of drug-likeness (QED) is 0.796. The van der Waals surface area contributed by atoms with E-state index in [1.165, 1.54) is 23.1 Å². The van der Waals surface area contributed by atoms with E-state index < -0.39 is 20.7 Å². The molecule has 0 aliphatic heterocycles. The molecule has 3 N–H and O–H groups in total. The third kappa shape index (κ3) is 3.64. The second-order valence-electron chi connectivity index (χ2n) is 4.24. The lowest BCUT2D eigenvalue weighted by Gasteiger charge is -2.09. The zero-order valence-electron chi connectivity index (χ0n) is 11.0. The van der Waals surface area contributed by atoms with Crippen molar-refractivity contribution in [2.45, 2.75) is 18.0 Å². The fourth-order valence-corrected chi connectivity index (χ4v) is 3.45. The van der Waals surface area contributed by atoms with Crippen LogP contribution in [0, 0.1) is 5.82 Å². The molecule has 0 aliphatic rings. The van der Waals surface area contributed by atoms with Crippen molar-refractivity contribution in [3.8, 4) is 0 Å². The fraction of sp³-hybridized carbons (Fsp3) is 0.273. The van der Waals surface area contributed by atoms with E-state index >= 15 is 0 Å². The molecular formula is C11H13BrFN5O2S. The lowest BCUT2D eigenvalue weighted by molar-refractivity contribution is 0.548. The molecule has 1 aromatic heterocycles. The molecule has 0 fully saturated rings. The molecule has 0 bridgehead atoms. The van der Waals surface area contributed by atoms with Crippen molar-refractivity contribution < 1.29 is 12.8 Å². The van der Waals surface area contributed by atoms with Gasteiger partial charge in [0.15, 0.2) is 5.82 Å². The van der Waals surface area contributed by atoms with Gasteiger partial charge in [0.05, 0.1) is 6.54 Å². The van der Waals surface area contributed by atoms with Crippen LogP contribution >= 0.6 is 15.9 Å². The van der Waals surface area contributed by atoms with Gasteiger partial charge in [-0.05, 0) is 12.1 Å². The first-order valence-corrected chi connectivity index (χ1v) is 8.13. The Hall–Kier alpha value is -1.36. The summed E-state index contributed by atoms with van der Waals surface area (Å²) in [6.45, 7) is -0.233. The number of aryl methyl sites for hydroxylation is 1. The number of nitrogens with two attached hydrogens (primary N) is 1. The van der Waals surface area contributed by atoms with Crippen molar-refractivity contribution >= 4 is 26.0 Å². The minimum absolute atomic E-state index is 0.102. The Bertz CT molecular complexity index is 762. The highest BCUT2D eigenvalue weighted by Crippen LogP contribution is 2.23. The number of halogens is 2. The van der Waals surface area contributed by atoms with Crippen LogP contribution in [-0.4, -0.2) is 23.2 Å². The Morgan fingerprint density at radius 2 is 2.19 bits per heavy atom. The highest BCUT2D eigenvalue weighted by atomic mass is 79.9. The molecule has 0 radical (unpaired) electrons. The van der Waals surface area contributed by atoms with E-state index in [1.807, 2.05) is 0 Å². The van der Waals surface area contributed by atoms with Gasteiger partial charge in [-0.25, -0.2) is 22.5 Å². The zero-order chi connectivity index (χ0) is 15.6. The maximum atomic E-state index is 14.1. The molecule has 1 aromatic carbocycles. The van der Waals surface area contributed by atoms with E-state index in [0.29, 0.717) is 4.47 Å². The van der Waals surface area contributed by atoms with Gasteiger partial charge in [0, 0.05) is 23.6 Å². The van der Waals surface area contributed by atoms with E-state index in [9.17, 15) is 12.8 Å². The minimum Gasteiger partial charge on any atom is -0.326 e. The van der Waals surface area contributed by atoms with E-state index in [-0.39, 0.29) is 24.5 Å². The lowest BCUT2D eigenvalue weighted by atomic mass is 10.2. The topological polar surface area (TPSA) is 103 Å². The summed E-state index contributed by atoms with van der Waals surface area (Å²) >= 11 is 3.14. The van der Waals surface area contributed by atoms with E-state index in [4.69, 9.17) is 5.73 Å². The molecule has 114 valence electrons. The molecule has 0 unspecified atom stereocenters. The summed E-state index contributed by atoms with van der Waals surface area (Å²) in [6, 6.07) is 2.62. The monoisotopic (exact) mass is 377 g/mol. The van der Waals surface area contributed by atoms with Gasteiger partial charge in [0.2, 0.25) is 10.0 Å². The molecule has 0 aliphatic carbocycles. The molecule has 0 amide bonds. The first-order valence-electron chi connectivity index (χ1n) is 5.85. The van der Waals surface area contributed by atoms with Crippen molar-refractivity contribution in [3.05, 3.63) is 40.1 Å². The van der Waals surface area contributed by atoms with Crippen LogP contribution < -0.4 is 10.5 Å². The van der Waals surface area contributed by atoms with Crippen LogP contribution in [0.5, 0.6) is 0 Å². The van der Waals surface area contributed by atoms with Gasteiger partial charge >= 0.3 is 0 Å². The van der Waals surface area contributed by atoms with Crippen molar-refractivity contribution in [3.63, 3.8) is 0 Å². The number of sulfonamides is 1. The highest BCUT2D eigenvalue weighted by Gasteiger charge is 2.22. The zero-order valence-corrected chi connectivity index (χ0v) is 13.4. The maximum absolute atomic E-state index is 14.1. The molecule has 21 heavy (non-hydrogen) atoms. The van der Waals surface area contributed by atoms with Crippen LogP contribution in [0.1, 0.15) is 11.4 Å². The van der Waals surface area contributed by atoms with Crippen LogP contribution in [0.15, 0.2) is 27.8 Å². The van der Waals surface area contributed by atoms with Crippen molar-refractivity contribution in [1.29, 1.82) is 0 Å². The third-order valence-corrected chi connectivity index (χ3v) is 4.51. The number of hydrogen-bond donors (Lipinski definition) is 2. The summed E-state index contributed by atoms with van der Waals surface area (Å²) in [5, 5.41) is 3.94. The molecule has 2 aromatic rings. The Labute approximate surface area is 129 Å². The average Bonchev–Trinajstić information content (AvgIpc) is 2.84. The molecule has 0 atom stereocenters. The molecule has 0 spiro atoms. The van der Waals surface area contributed by atoms with Crippen LogP contribution in [-0.2, 0) is 30.2 Å². The minimum atomic E-state index is -4.03.